The molecule has 0 saturated carbocycles. The minimum atomic E-state index is -0.0794. The maximum absolute atomic E-state index is 11.7. The van der Waals surface area contributed by atoms with Gasteiger partial charge in [0, 0.05) is 19.6 Å². The van der Waals surface area contributed by atoms with Crippen LogP contribution in [0.15, 0.2) is 24.3 Å². The molecule has 0 radical (unpaired) electrons. The molecule has 0 unspecified atom stereocenters. The number of nitrogens with one attached hydrogen (secondary N) is 1. The first-order valence-electron chi connectivity index (χ1n) is 7.96. The van der Waals surface area contributed by atoms with Gasteiger partial charge in [0.25, 0.3) is 0 Å². The van der Waals surface area contributed by atoms with E-state index in [1.807, 2.05) is 31.2 Å². The Labute approximate surface area is 142 Å². The lowest BCUT2D eigenvalue weighted by Gasteiger charge is -2.32. The van der Waals surface area contributed by atoms with E-state index >= 15 is 0 Å². The van der Waals surface area contributed by atoms with Gasteiger partial charge < -0.3 is 19.7 Å². The summed E-state index contributed by atoms with van der Waals surface area (Å²) in [5.74, 6) is 0.775. The van der Waals surface area contributed by atoms with Crippen molar-refractivity contribution >= 4 is 23.3 Å². The van der Waals surface area contributed by atoms with Gasteiger partial charge in [-0.25, -0.2) is 0 Å². The van der Waals surface area contributed by atoms with Crippen LogP contribution in [0.2, 0.25) is 0 Å². The first kappa shape index (κ1) is 17.5. The van der Waals surface area contributed by atoms with Gasteiger partial charge in [0.2, 0.25) is 0 Å². The monoisotopic (exact) mass is 336 g/mol. The van der Waals surface area contributed by atoms with Crippen LogP contribution in [0, 0.1) is 5.92 Å². The summed E-state index contributed by atoms with van der Waals surface area (Å²) in [5.41, 5.74) is 1.15. The molecule has 1 heterocycles. The topological polar surface area (TPSA) is 50.8 Å². The Bertz CT molecular complexity index is 525. The highest BCUT2D eigenvalue weighted by Crippen LogP contribution is 2.19. The number of ether oxygens (including phenoxy) is 2. The normalized spacial score (nSPS) is 15.1. The van der Waals surface area contributed by atoms with Gasteiger partial charge in [-0.1, -0.05) is 12.1 Å². The second-order valence-corrected chi connectivity index (χ2v) is 5.91. The molecule has 1 fully saturated rings. The summed E-state index contributed by atoms with van der Waals surface area (Å²) in [6.07, 6.45) is 1.59. The standard InChI is InChI=1S/C17H24N2O3S/c1-3-22-16(20)14-8-10-19(11-9-14)17(23)18-12-13-4-6-15(21-2)7-5-13/h4-7,14H,3,8-12H2,1-2H3,(H,18,23). The zero-order valence-corrected chi connectivity index (χ0v) is 14.5. The van der Waals surface area contributed by atoms with Crippen LogP contribution in [0.3, 0.4) is 0 Å². The molecular weight excluding hydrogens is 312 g/mol. The number of benzene rings is 1. The van der Waals surface area contributed by atoms with Crippen LogP contribution in [-0.4, -0.2) is 42.8 Å². The van der Waals surface area contributed by atoms with Crippen molar-refractivity contribution in [3.05, 3.63) is 29.8 Å². The van der Waals surface area contributed by atoms with Crippen molar-refractivity contribution in [2.75, 3.05) is 26.8 Å². The van der Waals surface area contributed by atoms with E-state index in [2.05, 4.69) is 10.2 Å². The average Bonchev–Trinajstić information content (AvgIpc) is 2.60. The average molecular weight is 336 g/mol. The molecule has 126 valence electrons. The summed E-state index contributed by atoms with van der Waals surface area (Å²) in [4.78, 5) is 13.9. The number of esters is 1. The van der Waals surface area contributed by atoms with Gasteiger partial charge in [-0.15, -0.1) is 0 Å². The molecule has 6 heteroatoms. The summed E-state index contributed by atoms with van der Waals surface area (Å²) >= 11 is 5.45. The van der Waals surface area contributed by atoms with Crippen molar-refractivity contribution in [2.45, 2.75) is 26.3 Å². The Hall–Kier alpha value is -1.82. The molecule has 0 aromatic heterocycles. The van der Waals surface area contributed by atoms with E-state index in [4.69, 9.17) is 21.7 Å². The predicted octanol–water partition coefficient (Wildman–Crippen LogP) is 2.34. The fourth-order valence-electron chi connectivity index (χ4n) is 2.61. The predicted molar refractivity (Wildman–Crippen MR) is 93.4 cm³/mol. The van der Waals surface area contributed by atoms with Crippen LogP contribution in [0.1, 0.15) is 25.3 Å². The third-order valence-corrected chi connectivity index (χ3v) is 4.41. The number of methoxy groups -OCH3 is 1. The maximum atomic E-state index is 11.7. The quantitative estimate of drug-likeness (QED) is 0.658. The van der Waals surface area contributed by atoms with E-state index in [0.29, 0.717) is 13.2 Å². The number of rotatable bonds is 5. The molecule has 0 aliphatic carbocycles. The van der Waals surface area contributed by atoms with Crippen LogP contribution in [0.4, 0.5) is 0 Å². The summed E-state index contributed by atoms with van der Waals surface area (Å²) in [7, 11) is 1.66. The van der Waals surface area contributed by atoms with Crippen molar-refractivity contribution in [1.82, 2.24) is 10.2 Å². The number of thiocarbonyl (C=S) groups is 1. The molecule has 1 aliphatic rings. The van der Waals surface area contributed by atoms with Crippen molar-refractivity contribution in [3.8, 4) is 5.75 Å². The molecule has 0 amide bonds. The molecule has 1 aromatic carbocycles. The van der Waals surface area contributed by atoms with Gasteiger partial charge in [-0.2, -0.15) is 0 Å². The van der Waals surface area contributed by atoms with E-state index in [1.165, 1.54) is 0 Å². The van der Waals surface area contributed by atoms with E-state index in [0.717, 1.165) is 42.4 Å². The molecule has 23 heavy (non-hydrogen) atoms. The summed E-state index contributed by atoms with van der Waals surface area (Å²) < 4.78 is 10.2. The lowest BCUT2D eigenvalue weighted by molar-refractivity contribution is -0.149. The van der Waals surface area contributed by atoms with Gasteiger partial charge in [-0.05, 0) is 49.7 Å². The zero-order valence-electron chi connectivity index (χ0n) is 13.7. The molecule has 1 aliphatic heterocycles. The van der Waals surface area contributed by atoms with E-state index in [1.54, 1.807) is 7.11 Å². The fourth-order valence-corrected chi connectivity index (χ4v) is 2.87. The lowest BCUT2D eigenvalue weighted by Crippen LogP contribution is -2.45. The minimum Gasteiger partial charge on any atom is -0.497 e. The smallest absolute Gasteiger partial charge is 0.309 e. The Kier molecular flexibility index (Phi) is 6.65. The van der Waals surface area contributed by atoms with Gasteiger partial charge >= 0.3 is 5.97 Å². The van der Waals surface area contributed by atoms with Crippen molar-refractivity contribution in [2.24, 2.45) is 5.92 Å². The number of likely N-dealkylation sites (tertiary alicyclic amines) is 1. The Morgan fingerprint density at radius 2 is 1.96 bits per heavy atom. The highest BCUT2D eigenvalue weighted by Gasteiger charge is 2.26. The van der Waals surface area contributed by atoms with Gasteiger partial charge in [0.15, 0.2) is 5.11 Å². The second-order valence-electron chi connectivity index (χ2n) is 5.52. The summed E-state index contributed by atoms with van der Waals surface area (Å²) in [6, 6.07) is 7.90. The molecule has 1 N–H and O–H groups in total. The summed E-state index contributed by atoms with van der Waals surface area (Å²) in [6.45, 7) is 4.54. The SMILES string of the molecule is CCOC(=O)C1CCN(C(=S)NCc2ccc(OC)cc2)CC1. The van der Waals surface area contributed by atoms with Crippen LogP contribution >= 0.6 is 12.2 Å². The third kappa shape index (κ3) is 5.10. The van der Waals surface area contributed by atoms with Crippen LogP contribution in [-0.2, 0) is 16.1 Å². The van der Waals surface area contributed by atoms with Crippen molar-refractivity contribution in [3.63, 3.8) is 0 Å². The fraction of sp³-hybridized carbons (Fsp3) is 0.529. The molecule has 0 bridgehead atoms. The molecule has 5 nitrogen and oxygen atoms in total. The van der Waals surface area contributed by atoms with Crippen LogP contribution in [0.5, 0.6) is 5.75 Å². The molecule has 2 rings (SSSR count). The zero-order chi connectivity index (χ0) is 16.7. The lowest BCUT2D eigenvalue weighted by atomic mass is 9.97. The Morgan fingerprint density at radius 3 is 2.52 bits per heavy atom. The molecule has 0 spiro atoms. The minimum absolute atomic E-state index is 0.00980. The molecule has 0 atom stereocenters. The highest BCUT2D eigenvalue weighted by molar-refractivity contribution is 7.80. The van der Waals surface area contributed by atoms with Gasteiger partial charge in [-0.3, -0.25) is 4.79 Å². The number of hydrogen-bond donors (Lipinski definition) is 1. The van der Waals surface area contributed by atoms with E-state index < -0.39 is 0 Å². The largest absolute Gasteiger partial charge is 0.497 e. The van der Waals surface area contributed by atoms with Crippen molar-refractivity contribution in [1.29, 1.82) is 0 Å². The van der Waals surface area contributed by atoms with Gasteiger partial charge in [0.05, 0.1) is 19.6 Å². The summed E-state index contributed by atoms with van der Waals surface area (Å²) in [5, 5.41) is 4.01. The number of carbonyl (C=O) groups is 1. The number of hydrogen-bond acceptors (Lipinski definition) is 4. The number of piperidine rings is 1. The Balaban J connectivity index is 1.75. The maximum Gasteiger partial charge on any atom is 0.309 e. The van der Waals surface area contributed by atoms with Gasteiger partial charge in [0.1, 0.15) is 5.75 Å². The first-order valence-corrected chi connectivity index (χ1v) is 8.37. The van der Waals surface area contributed by atoms with Crippen molar-refractivity contribution < 1.29 is 14.3 Å². The highest BCUT2D eigenvalue weighted by atomic mass is 32.1. The second kappa shape index (κ2) is 8.72. The third-order valence-electron chi connectivity index (χ3n) is 4.00. The van der Waals surface area contributed by atoms with Crippen LogP contribution < -0.4 is 10.1 Å². The molecular formula is C17H24N2O3S. The molecule has 1 saturated heterocycles. The number of nitrogens with zero attached hydrogens (tertiary/aromatic N) is 1. The van der Waals surface area contributed by atoms with E-state index in [-0.39, 0.29) is 11.9 Å². The Morgan fingerprint density at radius 1 is 1.30 bits per heavy atom. The first-order chi connectivity index (χ1) is 11.1. The number of carbonyl (C=O) groups excluding carboxylic acids is 1. The molecule has 1 aromatic rings. The van der Waals surface area contributed by atoms with Crippen LogP contribution in [0.25, 0.3) is 0 Å². The van der Waals surface area contributed by atoms with E-state index in [9.17, 15) is 4.79 Å².